The van der Waals surface area contributed by atoms with Gasteiger partial charge in [0.2, 0.25) is 5.90 Å². The van der Waals surface area contributed by atoms with Crippen molar-refractivity contribution in [3.8, 4) is 0 Å². The SMILES string of the molecule is Cc1cccc2cc(/C=C3/N=C(c4ccccc4)OC3=O)c(Sc3ccc(Cl)cc3)nc12. The van der Waals surface area contributed by atoms with Gasteiger partial charge in [0.15, 0.2) is 5.70 Å². The number of carbonyl (C=O) groups is 1. The summed E-state index contributed by atoms with van der Waals surface area (Å²) in [4.78, 5) is 22.9. The minimum absolute atomic E-state index is 0.246. The van der Waals surface area contributed by atoms with Crippen LogP contribution in [0.4, 0.5) is 0 Å². The molecular weight excluding hydrogens is 440 g/mol. The summed E-state index contributed by atoms with van der Waals surface area (Å²) in [5, 5.41) is 2.45. The molecule has 0 bridgehead atoms. The Morgan fingerprint density at radius 1 is 0.969 bits per heavy atom. The first kappa shape index (κ1) is 20.5. The van der Waals surface area contributed by atoms with E-state index in [1.165, 1.54) is 11.8 Å². The maximum absolute atomic E-state index is 12.5. The summed E-state index contributed by atoms with van der Waals surface area (Å²) in [5.41, 5.74) is 3.81. The molecule has 0 aliphatic carbocycles. The highest BCUT2D eigenvalue weighted by Gasteiger charge is 2.24. The lowest BCUT2D eigenvalue weighted by atomic mass is 10.1. The third-order valence-corrected chi connectivity index (χ3v) is 6.28. The van der Waals surface area contributed by atoms with E-state index in [9.17, 15) is 4.79 Å². The van der Waals surface area contributed by atoms with Gasteiger partial charge in [-0.1, -0.05) is 59.8 Å². The molecule has 0 spiro atoms. The highest BCUT2D eigenvalue weighted by molar-refractivity contribution is 7.99. The van der Waals surface area contributed by atoms with Gasteiger partial charge in [-0.15, -0.1) is 0 Å². The normalized spacial score (nSPS) is 14.6. The number of esters is 1. The summed E-state index contributed by atoms with van der Waals surface area (Å²) in [5.74, 6) is -0.172. The Bertz CT molecular complexity index is 1400. The summed E-state index contributed by atoms with van der Waals surface area (Å²) in [7, 11) is 0. The summed E-state index contributed by atoms with van der Waals surface area (Å²) in [6, 6.07) is 25.0. The zero-order valence-electron chi connectivity index (χ0n) is 17.1. The van der Waals surface area contributed by atoms with Crippen LogP contribution in [0, 0.1) is 6.92 Å². The zero-order chi connectivity index (χ0) is 22.1. The number of hydrogen-bond acceptors (Lipinski definition) is 5. The number of aryl methyl sites for hydroxylation is 1. The van der Waals surface area contributed by atoms with Gasteiger partial charge in [-0.2, -0.15) is 0 Å². The van der Waals surface area contributed by atoms with Gasteiger partial charge in [0.05, 0.1) is 5.52 Å². The molecule has 0 atom stereocenters. The topological polar surface area (TPSA) is 51.5 Å². The third kappa shape index (κ3) is 4.17. The van der Waals surface area contributed by atoms with Crippen molar-refractivity contribution >= 4 is 52.2 Å². The molecular formula is C26H17ClN2O2S. The highest BCUT2D eigenvalue weighted by atomic mass is 35.5. The largest absolute Gasteiger partial charge is 0.402 e. The summed E-state index contributed by atoms with van der Waals surface area (Å²) in [6.07, 6.45) is 1.74. The molecule has 0 saturated heterocycles. The van der Waals surface area contributed by atoms with Gasteiger partial charge in [0, 0.05) is 26.4 Å². The average molecular weight is 457 g/mol. The van der Waals surface area contributed by atoms with E-state index >= 15 is 0 Å². The monoisotopic (exact) mass is 456 g/mol. The molecule has 0 radical (unpaired) electrons. The van der Waals surface area contributed by atoms with Crippen LogP contribution >= 0.6 is 23.4 Å². The molecule has 1 aliphatic rings. The zero-order valence-corrected chi connectivity index (χ0v) is 18.7. The molecule has 1 aromatic heterocycles. The Morgan fingerprint density at radius 3 is 2.53 bits per heavy atom. The predicted octanol–water partition coefficient (Wildman–Crippen LogP) is 6.69. The molecule has 4 nitrogen and oxygen atoms in total. The van der Waals surface area contributed by atoms with E-state index in [0.717, 1.165) is 37.5 Å². The Labute approximate surface area is 194 Å². The Hall–Kier alpha value is -3.41. The van der Waals surface area contributed by atoms with Crippen LogP contribution in [0.25, 0.3) is 17.0 Å². The lowest BCUT2D eigenvalue weighted by Gasteiger charge is -2.09. The number of carbonyl (C=O) groups excluding carboxylic acids is 1. The number of cyclic esters (lactones) is 1. The minimum Gasteiger partial charge on any atom is -0.402 e. The van der Waals surface area contributed by atoms with E-state index in [0.29, 0.717) is 10.9 Å². The third-order valence-electron chi connectivity index (χ3n) is 5.00. The van der Waals surface area contributed by atoms with Gasteiger partial charge in [-0.25, -0.2) is 14.8 Å². The molecule has 0 saturated carbocycles. The van der Waals surface area contributed by atoms with Crippen LogP contribution in [0.15, 0.2) is 99.5 Å². The average Bonchev–Trinajstić information content (AvgIpc) is 3.17. The Morgan fingerprint density at radius 2 is 1.75 bits per heavy atom. The quantitative estimate of drug-likeness (QED) is 0.253. The first-order valence-corrected chi connectivity index (χ1v) is 11.2. The molecule has 6 heteroatoms. The van der Waals surface area contributed by atoms with E-state index in [1.54, 1.807) is 6.08 Å². The van der Waals surface area contributed by atoms with Crippen LogP contribution in [0.1, 0.15) is 16.7 Å². The number of aliphatic imine (C=N–C) groups is 1. The van der Waals surface area contributed by atoms with Gasteiger partial charge in [-0.3, -0.25) is 0 Å². The van der Waals surface area contributed by atoms with Gasteiger partial charge >= 0.3 is 5.97 Å². The highest BCUT2D eigenvalue weighted by Crippen LogP contribution is 2.34. The van der Waals surface area contributed by atoms with Crippen molar-refractivity contribution < 1.29 is 9.53 Å². The van der Waals surface area contributed by atoms with Crippen molar-refractivity contribution in [3.63, 3.8) is 0 Å². The number of aromatic nitrogens is 1. The van der Waals surface area contributed by atoms with Crippen LogP contribution < -0.4 is 0 Å². The fraction of sp³-hybridized carbons (Fsp3) is 0.0385. The lowest BCUT2D eigenvalue weighted by molar-refractivity contribution is -0.129. The number of rotatable bonds is 4. The second kappa shape index (κ2) is 8.61. The first-order chi connectivity index (χ1) is 15.6. The number of pyridine rings is 1. The first-order valence-electron chi connectivity index (χ1n) is 9.98. The molecule has 2 heterocycles. The smallest absolute Gasteiger partial charge is 0.363 e. The van der Waals surface area contributed by atoms with E-state index in [2.05, 4.69) is 4.99 Å². The van der Waals surface area contributed by atoms with Crippen molar-refractivity contribution in [3.05, 3.63) is 106 Å². The van der Waals surface area contributed by atoms with Crippen LogP contribution in [0.5, 0.6) is 0 Å². The number of fused-ring (bicyclic) bond motifs is 1. The number of ether oxygens (including phenoxy) is 1. The standard InChI is InChI=1S/C26H17ClN2O2S/c1-16-6-5-9-18-14-19(25(29-23(16)18)32-21-12-10-20(27)11-13-21)15-22-26(30)31-24(28-22)17-7-3-2-4-8-17/h2-15H,1H3/b22-15+. The summed E-state index contributed by atoms with van der Waals surface area (Å²) < 4.78 is 5.41. The minimum atomic E-state index is -0.476. The molecule has 0 fully saturated rings. The van der Waals surface area contributed by atoms with Crippen LogP contribution in [0.3, 0.4) is 0 Å². The number of nitrogens with zero attached hydrogens (tertiary/aromatic N) is 2. The van der Waals surface area contributed by atoms with E-state index < -0.39 is 5.97 Å². The molecule has 1 aliphatic heterocycles. The molecule has 3 aromatic carbocycles. The van der Waals surface area contributed by atoms with E-state index in [-0.39, 0.29) is 5.70 Å². The van der Waals surface area contributed by atoms with Gasteiger partial charge in [0.1, 0.15) is 5.03 Å². The number of benzene rings is 3. The van der Waals surface area contributed by atoms with Crippen molar-refractivity contribution in [2.75, 3.05) is 0 Å². The number of halogens is 1. The second-order valence-corrected chi connectivity index (χ2v) is 8.79. The van der Waals surface area contributed by atoms with Crippen molar-refractivity contribution in [1.29, 1.82) is 0 Å². The number of hydrogen-bond donors (Lipinski definition) is 0. The van der Waals surface area contributed by atoms with Gasteiger partial charge < -0.3 is 4.74 Å². The van der Waals surface area contributed by atoms with E-state index in [1.807, 2.05) is 85.8 Å². The molecule has 5 rings (SSSR count). The van der Waals surface area contributed by atoms with Crippen LogP contribution in [-0.4, -0.2) is 16.9 Å². The fourth-order valence-corrected chi connectivity index (χ4v) is 4.40. The van der Waals surface area contributed by atoms with Crippen LogP contribution in [0.2, 0.25) is 5.02 Å². The maximum atomic E-state index is 12.5. The fourth-order valence-electron chi connectivity index (χ4n) is 3.41. The molecule has 0 unspecified atom stereocenters. The predicted molar refractivity (Wildman–Crippen MR) is 129 cm³/mol. The molecule has 156 valence electrons. The van der Waals surface area contributed by atoms with Crippen molar-refractivity contribution in [2.45, 2.75) is 16.8 Å². The van der Waals surface area contributed by atoms with E-state index in [4.69, 9.17) is 21.3 Å². The summed E-state index contributed by atoms with van der Waals surface area (Å²) in [6.45, 7) is 2.04. The van der Waals surface area contributed by atoms with Crippen LogP contribution in [-0.2, 0) is 9.53 Å². The molecule has 32 heavy (non-hydrogen) atoms. The van der Waals surface area contributed by atoms with Gasteiger partial charge in [-0.05, 0) is 61.0 Å². The van der Waals surface area contributed by atoms with Crippen molar-refractivity contribution in [2.24, 2.45) is 4.99 Å². The second-order valence-electron chi connectivity index (χ2n) is 7.29. The molecule has 0 amide bonds. The van der Waals surface area contributed by atoms with Gasteiger partial charge in [0.25, 0.3) is 0 Å². The molecule has 0 N–H and O–H groups in total. The summed E-state index contributed by atoms with van der Waals surface area (Å²) >= 11 is 7.55. The lowest BCUT2D eigenvalue weighted by Crippen LogP contribution is -2.05. The molecule has 4 aromatic rings. The maximum Gasteiger partial charge on any atom is 0.363 e. The Kier molecular flexibility index (Phi) is 5.52. The number of para-hydroxylation sites is 1. The van der Waals surface area contributed by atoms with Crippen molar-refractivity contribution in [1.82, 2.24) is 4.98 Å². The Balaban J connectivity index is 1.61.